The zero-order chi connectivity index (χ0) is 12.1. The fraction of sp³-hybridized carbons (Fsp3) is 0.700. The Morgan fingerprint density at radius 2 is 2.65 bits per heavy atom. The van der Waals surface area contributed by atoms with Crippen molar-refractivity contribution in [1.29, 1.82) is 0 Å². The van der Waals surface area contributed by atoms with Crippen LogP contribution in [0.5, 0.6) is 0 Å². The van der Waals surface area contributed by atoms with Crippen molar-refractivity contribution in [1.82, 2.24) is 20.3 Å². The maximum atomic E-state index is 5.75. The monoisotopic (exact) mass is 238 g/mol. The SMILES string of the molecule is Cn1nncc1CN=C(N)NCC1CCCO1. The molecule has 94 valence electrons. The molecule has 1 aromatic heterocycles. The number of nitrogens with zero attached hydrogens (tertiary/aromatic N) is 4. The van der Waals surface area contributed by atoms with Crippen molar-refractivity contribution in [2.75, 3.05) is 13.2 Å². The molecule has 3 N–H and O–H groups in total. The molecule has 7 nitrogen and oxygen atoms in total. The van der Waals surface area contributed by atoms with E-state index in [2.05, 4.69) is 20.6 Å². The van der Waals surface area contributed by atoms with Crippen LogP contribution in [0.1, 0.15) is 18.5 Å². The van der Waals surface area contributed by atoms with Gasteiger partial charge in [0.05, 0.1) is 24.5 Å². The molecule has 17 heavy (non-hydrogen) atoms. The molecule has 1 fully saturated rings. The molecule has 2 heterocycles. The topological polar surface area (TPSA) is 90.4 Å². The van der Waals surface area contributed by atoms with Crippen LogP contribution in [0.3, 0.4) is 0 Å². The molecule has 0 amide bonds. The summed E-state index contributed by atoms with van der Waals surface area (Å²) in [5.41, 5.74) is 6.67. The van der Waals surface area contributed by atoms with Crippen molar-refractivity contribution in [3.63, 3.8) is 0 Å². The van der Waals surface area contributed by atoms with Gasteiger partial charge < -0.3 is 15.8 Å². The Hall–Kier alpha value is -1.63. The second kappa shape index (κ2) is 5.62. The molecule has 1 atom stereocenters. The van der Waals surface area contributed by atoms with Crippen LogP contribution in [0.15, 0.2) is 11.2 Å². The third kappa shape index (κ3) is 3.42. The van der Waals surface area contributed by atoms with E-state index in [1.54, 1.807) is 10.9 Å². The molecule has 0 spiro atoms. The summed E-state index contributed by atoms with van der Waals surface area (Å²) >= 11 is 0. The number of aliphatic imine (C=N–C) groups is 1. The van der Waals surface area contributed by atoms with Crippen molar-refractivity contribution >= 4 is 5.96 Å². The Bertz CT molecular complexity index is 382. The lowest BCUT2D eigenvalue weighted by Crippen LogP contribution is -2.37. The van der Waals surface area contributed by atoms with E-state index >= 15 is 0 Å². The predicted octanol–water partition coefficient (Wildman–Crippen LogP) is -0.602. The van der Waals surface area contributed by atoms with E-state index < -0.39 is 0 Å². The number of guanidine groups is 1. The van der Waals surface area contributed by atoms with Crippen molar-refractivity contribution in [3.05, 3.63) is 11.9 Å². The Kier molecular flexibility index (Phi) is 3.92. The van der Waals surface area contributed by atoms with Crippen molar-refractivity contribution in [2.45, 2.75) is 25.5 Å². The van der Waals surface area contributed by atoms with Crippen molar-refractivity contribution in [2.24, 2.45) is 17.8 Å². The molecular weight excluding hydrogens is 220 g/mol. The largest absolute Gasteiger partial charge is 0.376 e. The van der Waals surface area contributed by atoms with Crippen LogP contribution in [0, 0.1) is 0 Å². The second-order valence-corrected chi connectivity index (χ2v) is 4.07. The number of ether oxygens (including phenoxy) is 1. The van der Waals surface area contributed by atoms with Gasteiger partial charge in [-0.1, -0.05) is 5.21 Å². The summed E-state index contributed by atoms with van der Waals surface area (Å²) in [7, 11) is 1.83. The number of nitrogens with one attached hydrogen (secondary N) is 1. The summed E-state index contributed by atoms with van der Waals surface area (Å²) < 4.78 is 7.15. The zero-order valence-corrected chi connectivity index (χ0v) is 9.96. The molecule has 1 aliphatic heterocycles. The van der Waals surface area contributed by atoms with Crippen LogP contribution >= 0.6 is 0 Å². The van der Waals surface area contributed by atoms with E-state index in [1.807, 2.05) is 7.05 Å². The molecule has 1 saturated heterocycles. The van der Waals surface area contributed by atoms with E-state index in [9.17, 15) is 0 Å². The van der Waals surface area contributed by atoms with E-state index in [-0.39, 0.29) is 6.10 Å². The maximum absolute atomic E-state index is 5.75. The van der Waals surface area contributed by atoms with Crippen LogP contribution in [-0.2, 0) is 18.3 Å². The van der Waals surface area contributed by atoms with Gasteiger partial charge in [-0.15, -0.1) is 5.10 Å². The number of nitrogens with two attached hydrogens (primary N) is 1. The highest BCUT2D eigenvalue weighted by atomic mass is 16.5. The van der Waals surface area contributed by atoms with Gasteiger partial charge in [0.2, 0.25) is 0 Å². The van der Waals surface area contributed by atoms with Gasteiger partial charge in [-0.25, -0.2) is 4.99 Å². The Morgan fingerprint density at radius 3 is 3.29 bits per heavy atom. The first-order valence-corrected chi connectivity index (χ1v) is 5.74. The molecular formula is C10H18N6O. The highest BCUT2D eigenvalue weighted by molar-refractivity contribution is 5.77. The van der Waals surface area contributed by atoms with Crippen LogP contribution < -0.4 is 11.1 Å². The normalized spacial score (nSPS) is 20.8. The lowest BCUT2D eigenvalue weighted by atomic mass is 10.2. The average molecular weight is 238 g/mol. The van der Waals surface area contributed by atoms with E-state index in [1.165, 1.54) is 0 Å². The van der Waals surface area contributed by atoms with Gasteiger partial charge in [0.25, 0.3) is 0 Å². The molecule has 0 saturated carbocycles. The molecule has 1 aliphatic rings. The summed E-state index contributed by atoms with van der Waals surface area (Å²) in [5.74, 6) is 0.432. The first-order valence-electron chi connectivity index (χ1n) is 5.74. The molecule has 1 unspecified atom stereocenters. The maximum Gasteiger partial charge on any atom is 0.189 e. The zero-order valence-electron chi connectivity index (χ0n) is 9.96. The van der Waals surface area contributed by atoms with Gasteiger partial charge in [0.15, 0.2) is 5.96 Å². The highest BCUT2D eigenvalue weighted by Crippen LogP contribution is 2.10. The van der Waals surface area contributed by atoms with Crippen LogP contribution in [0.25, 0.3) is 0 Å². The van der Waals surface area contributed by atoms with Crippen molar-refractivity contribution in [3.8, 4) is 0 Å². The lowest BCUT2D eigenvalue weighted by Gasteiger charge is -2.10. The lowest BCUT2D eigenvalue weighted by molar-refractivity contribution is 0.114. The predicted molar refractivity (Wildman–Crippen MR) is 63.3 cm³/mol. The molecule has 0 aromatic carbocycles. The third-order valence-electron chi connectivity index (χ3n) is 2.75. The third-order valence-corrected chi connectivity index (χ3v) is 2.75. The molecule has 1 aromatic rings. The van der Waals surface area contributed by atoms with Gasteiger partial charge in [-0.3, -0.25) is 4.68 Å². The minimum atomic E-state index is 0.266. The minimum absolute atomic E-state index is 0.266. The summed E-state index contributed by atoms with van der Waals surface area (Å²) in [6, 6.07) is 0. The fourth-order valence-electron chi connectivity index (χ4n) is 1.70. The molecule has 0 radical (unpaired) electrons. The summed E-state index contributed by atoms with van der Waals surface area (Å²) in [5, 5.41) is 10.7. The highest BCUT2D eigenvalue weighted by Gasteiger charge is 2.14. The van der Waals surface area contributed by atoms with Crippen LogP contribution in [0.4, 0.5) is 0 Å². The van der Waals surface area contributed by atoms with Crippen molar-refractivity contribution < 1.29 is 4.74 Å². The van der Waals surface area contributed by atoms with E-state index in [0.717, 1.165) is 31.7 Å². The number of hydrogen-bond acceptors (Lipinski definition) is 4. The van der Waals surface area contributed by atoms with E-state index in [4.69, 9.17) is 10.5 Å². The van der Waals surface area contributed by atoms with Gasteiger partial charge in [-0.05, 0) is 12.8 Å². The number of hydrogen-bond donors (Lipinski definition) is 2. The van der Waals surface area contributed by atoms with Crippen LogP contribution in [-0.4, -0.2) is 40.2 Å². The van der Waals surface area contributed by atoms with Gasteiger partial charge >= 0.3 is 0 Å². The number of aryl methyl sites for hydroxylation is 1. The summed E-state index contributed by atoms with van der Waals surface area (Å²) in [4.78, 5) is 4.22. The van der Waals surface area contributed by atoms with Gasteiger partial charge in [-0.2, -0.15) is 0 Å². The molecule has 7 heteroatoms. The summed E-state index contributed by atoms with van der Waals surface area (Å²) in [6.45, 7) is 2.05. The second-order valence-electron chi connectivity index (χ2n) is 4.07. The smallest absolute Gasteiger partial charge is 0.189 e. The molecule has 0 bridgehead atoms. The Balaban J connectivity index is 1.75. The Labute approximate surface area is 100 Å². The Morgan fingerprint density at radius 1 is 1.76 bits per heavy atom. The van der Waals surface area contributed by atoms with Gasteiger partial charge in [0.1, 0.15) is 0 Å². The summed E-state index contributed by atoms with van der Waals surface area (Å²) in [6.07, 6.45) is 4.16. The fourth-order valence-corrected chi connectivity index (χ4v) is 1.70. The minimum Gasteiger partial charge on any atom is -0.376 e. The number of aromatic nitrogens is 3. The molecule has 0 aliphatic carbocycles. The number of rotatable bonds is 4. The average Bonchev–Trinajstić information content (AvgIpc) is 2.95. The quantitative estimate of drug-likeness (QED) is 0.540. The molecule has 2 rings (SSSR count). The first-order chi connectivity index (χ1) is 8.25. The first kappa shape index (κ1) is 11.8. The van der Waals surface area contributed by atoms with Gasteiger partial charge in [0, 0.05) is 20.2 Å². The van der Waals surface area contributed by atoms with E-state index in [0.29, 0.717) is 12.5 Å². The van der Waals surface area contributed by atoms with Crippen LogP contribution in [0.2, 0.25) is 0 Å². The standard InChI is InChI=1S/C10H18N6O/c1-16-8(6-14-15-16)5-12-10(11)13-7-9-3-2-4-17-9/h6,9H,2-5,7H2,1H3,(H3,11,12,13).